The maximum atomic E-state index is 11.1. The Kier molecular flexibility index (Phi) is 6.19. The molecule has 0 saturated carbocycles. The third-order valence-electron chi connectivity index (χ3n) is 4.03. The van der Waals surface area contributed by atoms with Gasteiger partial charge >= 0.3 is 0 Å². The van der Waals surface area contributed by atoms with Gasteiger partial charge in [-0.2, -0.15) is 23.8 Å². The van der Waals surface area contributed by atoms with Crippen molar-refractivity contribution in [3.63, 3.8) is 0 Å². The summed E-state index contributed by atoms with van der Waals surface area (Å²) >= 11 is 0. The largest absolute Gasteiger partial charge is 0.508 e. The van der Waals surface area contributed by atoms with Crippen LogP contribution in [-0.2, 0) is 10.1 Å². The lowest BCUT2D eigenvalue weighted by atomic mass is 10.1. The molecule has 154 valence electrons. The van der Waals surface area contributed by atoms with Crippen LogP contribution in [0.15, 0.2) is 86.0 Å². The predicted molar refractivity (Wildman–Crippen MR) is 110 cm³/mol. The lowest BCUT2D eigenvalue weighted by Gasteiger charge is -2.07. The summed E-state index contributed by atoms with van der Waals surface area (Å²) in [5.41, 5.74) is 2.80. The molecule has 0 fully saturated rings. The first-order chi connectivity index (χ1) is 14.3. The lowest BCUT2D eigenvalue weighted by Crippen LogP contribution is -1.96. The molecule has 10 heteroatoms. The van der Waals surface area contributed by atoms with E-state index in [2.05, 4.69) is 20.5 Å². The fourth-order valence-electron chi connectivity index (χ4n) is 2.44. The first-order valence-corrected chi connectivity index (χ1v) is 10.1. The third-order valence-corrected chi connectivity index (χ3v) is 4.90. The molecule has 0 bridgehead atoms. The van der Waals surface area contributed by atoms with Crippen LogP contribution >= 0.6 is 0 Å². The summed E-state index contributed by atoms with van der Waals surface area (Å²) in [6.45, 7) is 1.83. The zero-order chi connectivity index (χ0) is 21.7. The zero-order valence-corrected chi connectivity index (χ0v) is 16.9. The maximum absolute atomic E-state index is 11.1. The summed E-state index contributed by atoms with van der Waals surface area (Å²) in [6.07, 6.45) is 0. The summed E-state index contributed by atoms with van der Waals surface area (Å²) in [7, 11) is -2.76. The molecule has 3 rings (SSSR count). The molecule has 9 nitrogen and oxygen atoms in total. The number of benzene rings is 3. The molecule has 0 unspecified atom stereocenters. The highest BCUT2D eigenvalue weighted by Gasteiger charge is 2.10. The Hall–Kier alpha value is -3.63. The summed E-state index contributed by atoms with van der Waals surface area (Å²) in [5.74, 6) is 0.587. The average Bonchev–Trinajstić information content (AvgIpc) is 2.72. The Morgan fingerprint density at radius 1 is 0.800 bits per heavy atom. The Bertz CT molecular complexity index is 1210. The van der Waals surface area contributed by atoms with E-state index in [1.807, 2.05) is 6.92 Å². The quantitative estimate of drug-likeness (QED) is 0.380. The number of azo groups is 2. The molecule has 3 aromatic carbocycles. The molecule has 0 aliphatic carbocycles. The number of aryl methyl sites for hydroxylation is 1. The highest BCUT2D eigenvalue weighted by atomic mass is 32.2. The van der Waals surface area contributed by atoms with E-state index in [1.54, 1.807) is 24.3 Å². The molecule has 2 N–H and O–H groups in total. The Morgan fingerprint density at radius 3 is 1.87 bits per heavy atom. The number of aromatic hydroxyl groups is 1. The summed E-state index contributed by atoms with van der Waals surface area (Å²) < 4.78 is 36.6. The van der Waals surface area contributed by atoms with Gasteiger partial charge in [-0.05, 0) is 67.1 Å². The number of ether oxygens (including phenoxy) is 1. The minimum absolute atomic E-state index is 0.143. The molecule has 0 spiro atoms. The van der Waals surface area contributed by atoms with Crippen molar-refractivity contribution in [2.45, 2.75) is 11.8 Å². The normalized spacial score (nSPS) is 12.0. The van der Waals surface area contributed by atoms with E-state index in [0.29, 0.717) is 28.5 Å². The topological polar surface area (TPSA) is 133 Å². The highest BCUT2D eigenvalue weighted by Crippen LogP contribution is 2.36. The van der Waals surface area contributed by atoms with Crippen LogP contribution in [0, 0.1) is 6.92 Å². The summed E-state index contributed by atoms with van der Waals surface area (Å²) in [6, 6.07) is 15.1. The molecule has 0 atom stereocenters. The van der Waals surface area contributed by atoms with Crippen LogP contribution in [0.2, 0.25) is 0 Å². The van der Waals surface area contributed by atoms with Crippen LogP contribution < -0.4 is 4.74 Å². The van der Waals surface area contributed by atoms with Gasteiger partial charge in [-0.1, -0.05) is 0 Å². The number of rotatable bonds is 6. The van der Waals surface area contributed by atoms with E-state index in [9.17, 15) is 13.5 Å². The minimum Gasteiger partial charge on any atom is -0.508 e. The van der Waals surface area contributed by atoms with E-state index in [4.69, 9.17) is 9.29 Å². The van der Waals surface area contributed by atoms with Gasteiger partial charge in [0.1, 0.15) is 17.2 Å². The Balaban J connectivity index is 1.84. The summed E-state index contributed by atoms with van der Waals surface area (Å²) in [5, 5.41) is 25.9. The fourth-order valence-corrected chi connectivity index (χ4v) is 2.92. The van der Waals surface area contributed by atoms with Crippen LogP contribution in [0.1, 0.15) is 5.56 Å². The average molecular weight is 426 g/mol. The van der Waals surface area contributed by atoms with E-state index >= 15 is 0 Å². The molecule has 0 amide bonds. The van der Waals surface area contributed by atoms with Gasteiger partial charge in [0, 0.05) is 6.07 Å². The maximum Gasteiger partial charge on any atom is 0.294 e. The first-order valence-electron chi connectivity index (χ1n) is 8.65. The molecular formula is C20H18N4O5S. The molecular weight excluding hydrogens is 408 g/mol. The van der Waals surface area contributed by atoms with Gasteiger partial charge in [0.25, 0.3) is 10.1 Å². The molecule has 0 aliphatic rings. The molecule has 0 aliphatic heterocycles. The molecule has 0 saturated heterocycles. The van der Waals surface area contributed by atoms with Crippen LogP contribution in [0.4, 0.5) is 22.7 Å². The van der Waals surface area contributed by atoms with E-state index in [-0.39, 0.29) is 10.6 Å². The lowest BCUT2D eigenvalue weighted by molar-refractivity contribution is 0.416. The monoisotopic (exact) mass is 426 g/mol. The number of methoxy groups -OCH3 is 1. The van der Waals surface area contributed by atoms with Gasteiger partial charge in [0.05, 0.1) is 29.1 Å². The SMILES string of the molecule is COc1cc(N=Nc2ccc(S(=O)(=O)O)cc2)c(C)cc1N=Nc1ccc(O)cc1. The van der Waals surface area contributed by atoms with Gasteiger partial charge in [-0.15, -0.1) is 5.11 Å². The molecule has 0 heterocycles. The van der Waals surface area contributed by atoms with Crippen molar-refractivity contribution in [2.75, 3.05) is 7.11 Å². The van der Waals surface area contributed by atoms with Crippen molar-refractivity contribution in [3.8, 4) is 11.5 Å². The molecule has 30 heavy (non-hydrogen) atoms. The van der Waals surface area contributed by atoms with Crippen molar-refractivity contribution < 1.29 is 22.8 Å². The van der Waals surface area contributed by atoms with Crippen molar-refractivity contribution in [1.29, 1.82) is 0 Å². The van der Waals surface area contributed by atoms with E-state index in [1.165, 1.54) is 43.5 Å². The second kappa shape index (κ2) is 8.80. The van der Waals surface area contributed by atoms with Crippen LogP contribution in [0.25, 0.3) is 0 Å². The third kappa shape index (κ3) is 5.25. The molecule has 3 aromatic rings. The minimum atomic E-state index is -4.26. The highest BCUT2D eigenvalue weighted by molar-refractivity contribution is 7.85. The van der Waals surface area contributed by atoms with Gasteiger partial charge in [-0.25, -0.2) is 0 Å². The van der Waals surface area contributed by atoms with Crippen LogP contribution in [0.5, 0.6) is 11.5 Å². The van der Waals surface area contributed by atoms with E-state index in [0.717, 1.165) is 5.56 Å². The van der Waals surface area contributed by atoms with Crippen LogP contribution in [-0.4, -0.2) is 25.2 Å². The van der Waals surface area contributed by atoms with Crippen molar-refractivity contribution in [1.82, 2.24) is 0 Å². The number of phenols is 1. The zero-order valence-electron chi connectivity index (χ0n) is 16.1. The Labute approximate surface area is 173 Å². The second-order valence-corrected chi connectivity index (χ2v) is 7.62. The number of hydrogen-bond donors (Lipinski definition) is 2. The predicted octanol–water partition coefficient (Wildman–Crippen LogP) is 5.79. The smallest absolute Gasteiger partial charge is 0.294 e. The second-order valence-electron chi connectivity index (χ2n) is 6.20. The van der Waals surface area contributed by atoms with Gasteiger partial charge in [-0.3, -0.25) is 4.55 Å². The van der Waals surface area contributed by atoms with Gasteiger partial charge < -0.3 is 9.84 Å². The van der Waals surface area contributed by atoms with Crippen molar-refractivity contribution in [3.05, 3.63) is 66.2 Å². The van der Waals surface area contributed by atoms with Crippen molar-refractivity contribution >= 4 is 32.9 Å². The van der Waals surface area contributed by atoms with E-state index < -0.39 is 10.1 Å². The van der Waals surface area contributed by atoms with Gasteiger partial charge in [0.2, 0.25) is 0 Å². The van der Waals surface area contributed by atoms with Gasteiger partial charge in [0.15, 0.2) is 0 Å². The first kappa shape index (κ1) is 21.1. The fraction of sp³-hybridized carbons (Fsp3) is 0.100. The Morgan fingerprint density at radius 2 is 1.33 bits per heavy atom. The molecule has 0 aromatic heterocycles. The standard InChI is InChI=1S/C20H18N4O5S/c1-13-11-19(24-22-14-3-7-16(25)8-4-14)20(29-2)12-18(13)23-21-15-5-9-17(10-6-15)30(26,27)28/h3-12,25H,1-2H3,(H,26,27,28). The summed E-state index contributed by atoms with van der Waals surface area (Å²) in [4.78, 5) is -0.220. The number of hydrogen-bond acceptors (Lipinski definition) is 8. The number of nitrogens with zero attached hydrogens (tertiary/aromatic N) is 4. The molecule has 0 radical (unpaired) electrons. The van der Waals surface area contributed by atoms with Crippen LogP contribution in [0.3, 0.4) is 0 Å². The van der Waals surface area contributed by atoms with Crippen molar-refractivity contribution in [2.24, 2.45) is 20.5 Å². The number of phenolic OH excluding ortho intramolecular Hbond substituents is 1.